The van der Waals surface area contributed by atoms with Gasteiger partial charge in [-0.25, -0.2) is 9.80 Å². The van der Waals surface area contributed by atoms with Crippen molar-refractivity contribution in [2.75, 3.05) is 26.8 Å². The Labute approximate surface area is 258 Å². The van der Waals surface area contributed by atoms with Crippen molar-refractivity contribution >= 4 is 40.2 Å². The van der Waals surface area contributed by atoms with E-state index in [0.29, 0.717) is 31.3 Å². The highest BCUT2D eigenvalue weighted by atomic mass is 35.5. The van der Waals surface area contributed by atoms with E-state index >= 15 is 0 Å². The smallest absolute Gasteiger partial charge is 0.329 e. The Hall–Kier alpha value is -3.70. The topological polar surface area (TPSA) is 112 Å². The van der Waals surface area contributed by atoms with Crippen LogP contribution in [0.4, 0.5) is 4.79 Å². The fourth-order valence-electron chi connectivity index (χ4n) is 4.69. The van der Waals surface area contributed by atoms with Crippen molar-refractivity contribution in [3.05, 3.63) is 82.9 Å². The molecule has 2 atom stereocenters. The van der Waals surface area contributed by atoms with Crippen molar-refractivity contribution in [3.63, 3.8) is 0 Å². The van der Waals surface area contributed by atoms with Gasteiger partial charge in [-0.15, -0.1) is 0 Å². The molecule has 4 amide bonds. The predicted octanol–water partition coefficient (Wildman–Crippen LogP) is 4.46. The highest BCUT2D eigenvalue weighted by molar-refractivity contribution is 6.30. The molecule has 0 aliphatic rings. The van der Waals surface area contributed by atoms with E-state index in [2.05, 4.69) is 16.1 Å². The lowest BCUT2D eigenvalue weighted by Crippen LogP contribution is -2.55. The van der Waals surface area contributed by atoms with Crippen LogP contribution in [0.1, 0.15) is 38.8 Å². The largest absolute Gasteiger partial charge is 0.351 e. The van der Waals surface area contributed by atoms with E-state index in [-0.39, 0.29) is 12.5 Å². The molecule has 3 aromatic rings. The van der Waals surface area contributed by atoms with Gasteiger partial charge in [-0.2, -0.15) is 0 Å². The van der Waals surface area contributed by atoms with Gasteiger partial charge >= 0.3 is 6.03 Å². The Morgan fingerprint density at radius 1 is 0.907 bits per heavy atom. The Bertz CT molecular complexity index is 1340. The number of hydrazine groups is 1. The number of hydrogen-bond donors (Lipinski definition) is 3. The van der Waals surface area contributed by atoms with Gasteiger partial charge in [0.05, 0.1) is 12.6 Å². The summed E-state index contributed by atoms with van der Waals surface area (Å²) < 4.78 is 11.7. The van der Waals surface area contributed by atoms with Gasteiger partial charge in [0.25, 0.3) is 0 Å². The number of fused-ring (bicyclic) bond motifs is 1. The first-order chi connectivity index (χ1) is 20.6. The van der Waals surface area contributed by atoms with Gasteiger partial charge < -0.3 is 25.0 Å². The van der Waals surface area contributed by atoms with Gasteiger partial charge in [-0.1, -0.05) is 66.2 Å². The Morgan fingerprint density at radius 2 is 1.56 bits per heavy atom. The number of nitrogens with one attached hydrogen (secondary N) is 3. The molecule has 43 heavy (non-hydrogen) atoms. The number of amides is 4. The van der Waals surface area contributed by atoms with Gasteiger partial charge in [-0.05, 0) is 61.7 Å². The van der Waals surface area contributed by atoms with Gasteiger partial charge in [-0.3, -0.25) is 15.0 Å². The Balaban J connectivity index is 1.65. The maximum Gasteiger partial charge on any atom is 0.329 e. The number of likely N-dealkylation sites (N-methyl/N-ethyl adjacent to an activating group) is 1. The molecule has 0 bridgehead atoms. The van der Waals surface area contributed by atoms with Crippen molar-refractivity contribution in [1.82, 2.24) is 26.0 Å². The molecule has 0 fully saturated rings. The van der Waals surface area contributed by atoms with Crippen molar-refractivity contribution in [2.24, 2.45) is 0 Å². The quantitative estimate of drug-likeness (QED) is 0.173. The first kappa shape index (κ1) is 33.8. The number of benzene rings is 3. The molecule has 3 aromatic carbocycles. The highest BCUT2D eigenvalue weighted by Crippen LogP contribution is 2.23. The normalized spacial score (nSPS) is 12.7. The summed E-state index contributed by atoms with van der Waals surface area (Å²) >= 11 is 5.90. The first-order valence-electron chi connectivity index (χ1n) is 14.4. The first-order valence-corrected chi connectivity index (χ1v) is 14.8. The third-order valence-electron chi connectivity index (χ3n) is 6.84. The minimum Gasteiger partial charge on any atom is -0.351 e. The Morgan fingerprint density at radius 3 is 2.23 bits per heavy atom. The molecule has 0 heterocycles. The van der Waals surface area contributed by atoms with Crippen LogP contribution >= 0.6 is 11.6 Å². The molecule has 0 spiro atoms. The summed E-state index contributed by atoms with van der Waals surface area (Å²) in [4.78, 5) is 40.7. The number of ether oxygens (including phenoxy) is 2. The maximum absolute atomic E-state index is 13.9. The van der Waals surface area contributed by atoms with E-state index in [4.69, 9.17) is 21.1 Å². The average molecular weight is 612 g/mol. The van der Waals surface area contributed by atoms with Crippen LogP contribution in [0.5, 0.6) is 0 Å². The van der Waals surface area contributed by atoms with E-state index in [0.717, 1.165) is 21.9 Å². The highest BCUT2D eigenvalue weighted by Gasteiger charge is 2.32. The third kappa shape index (κ3) is 10.2. The molecular formula is C32H42ClN5O5. The molecule has 0 aliphatic carbocycles. The summed E-state index contributed by atoms with van der Waals surface area (Å²) in [5.41, 5.74) is 4.45. The van der Waals surface area contributed by atoms with Crippen LogP contribution < -0.4 is 16.1 Å². The predicted molar refractivity (Wildman–Crippen MR) is 168 cm³/mol. The molecule has 0 unspecified atom stereocenters. The lowest BCUT2D eigenvalue weighted by Gasteiger charge is -2.36. The zero-order valence-electron chi connectivity index (χ0n) is 25.4. The van der Waals surface area contributed by atoms with Crippen molar-refractivity contribution in [1.29, 1.82) is 0 Å². The van der Waals surface area contributed by atoms with Crippen LogP contribution in [0.2, 0.25) is 5.02 Å². The lowest BCUT2D eigenvalue weighted by atomic mass is 10.0. The van der Waals surface area contributed by atoms with E-state index in [9.17, 15) is 14.4 Å². The molecule has 0 saturated heterocycles. The fourth-order valence-corrected chi connectivity index (χ4v) is 4.81. The summed E-state index contributed by atoms with van der Waals surface area (Å²) in [6.45, 7) is 8.55. The Kier molecular flexibility index (Phi) is 13.2. The van der Waals surface area contributed by atoms with Crippen molar-refractivity contribution in [2.45, 2.75) is 59.2 Å². The van der Waals surface area contributed by atoms with Crippen LogP contribution in [0.15, 0.2) is 66.7 Å². The van der Waals surface area contributed by atoms with Crippen LogP contribution in [-0.2, 0) is 32.2 Å². The molecule has 0 saturated carbocycles. The average Bonchev–Trinajstić information content (AvgIpc) is 2.98. The van der Waals surface area contributed by atoms with Gasteiger partial charge in [0, 0.05) is 38.4 Å². The molecule has 10 nitrogen and oxygen atoms in total. The van der Waals surface area contributed by atoms with Crippen LogP contribution in [0.25, 0.3) is 10.8 Å². The molecular weight excluding hydrogens is 570 g/mol. The molecule has 0 aliphatic heterocycles. The van der Waals surface area contributed by atoms with E-state index in [1.165, 1.54) is 5.01 Å². The SMILES string of the molecule is CCOC(OCC)[C@H](C)N(Cc1cccc2ccccc12)C(=O)[C@H](C)NC(=O)CN(C)NC(=O)NCc1ccc(Cl)cc1. The number of hydrogen-bond acceptors (Lipinski definition) is 6. The molecule has 11 heteroatoms. The zero-order chi connectivity index (χ0) is 31.4. The standard InChI is InChI=1S/C32H42ClN5O5/c1-6-42-31(43-7-2)23(4)38(20-26-13-10-12-25-11-8-9-14-28(25)26)30(40)22(3)35-29(39)21-37(5)36-32(41)34-19-24-15-17-27(33)18-16-24/h8-18,22-23,31H,6-7,19-21H2,1-5H3,(H,35,39)(H2,34,36,41)/t22-,23-/m0/s1. The number of nitrogens with zero attached hydrogens (tertiary/aromatic N) is 2. The summed E-state index contributed by atoms with van der Waals surface area (Å²) in [6, 6.07) is 19.3. The molecule has 232 valence electrons. The van der Waals surface area contributed by atoms with Gasteiger partial charge in [0.2, 0.25) is 11.8 Å². The monoisotopic (exact) mass is 611 g/mol. The maximum atomic E-state index is 13.9. The molecule has 3 rings (SSSR count). The third-order valence-corrected chi connectivity index (χ3v) is 7.09. The van der Waals surface area contributed by atoms with E-state index in [1.807, 2.05) is 75.4 Å². The van der Waals surface area contributed by atoms with Gasteiger partial charge in [0.1, 0.15) is 6.04 Å². The summed E-state index contributed by atoms with van der Waals surface area (Å²) in [5.74, 6) is -0.709. The van der Waals surface area contributed by atoms with Crippen molar-refractivity contribution in [3.8, 4) is 0 Å². The van der Waals surface area contributed by atoms with E-state index < -0.39 is 30.3 Å². The van der Waals surface area contributed by atoms with Gasteiger partial charge in [0.15, 0.2) is 6.29 Å². The number of carbonyl (C=O) groups is 3. The van der Waals surface area contributed by atoms with Crippen LogP contribution in [0, 0.1) is 0 Å². The minimum atomic E-state index is -0.846. The summed E-state index contributed by atoms with van der Waals surface area (Å²) in [6.07, 6.45) is -0.640. The second kappa shape index (κ2) is 16.8. The van der Waals surface area contributed by atoms with Crippen molar-refractivity contribution < 1.29 is 23.9 Å². The minimum absolute atomic E-state index is 0.161. The number of urea groups is 1. The number of carbonyl (C=O) groups excluding carboxylic acids is 3. The molecule has 0 radical (unpaired) electrons. The zero-order valence-corrected chi connectivity index (χ0v) is 26.2. The van der Waals surface area contributed by atoms with Crippen LogP contribution in [0.3, 0.4) is 0 Å². The summed E-state index contributed by atoms with van der Waals surface area (Å²) in [5, 5.41) is 9.56. The lowest BCUT2D eigenvalue weighted by molar-refractivity contribution is -0.179. The number of rotatable bonds is 15. The number of halogens is 1. The second-order valence-electron chi connectivity index (χ2n) is 10.2. The summed E-state index contributed by atoms with van der Waals surface area (Å²) in [7, 11) is 1.57. The second-order valence-corrected chi connectivity index (χ2v) is 10.6. The molecule has 3 N–H and O–H groups in total. The fraction of sp³-hybridized carbons (Fsp3) is 0.406. The molecule has 0 aromatic heterocycles. The van der Waals surface area contributed by atoms with Crippen LogP contribution in [-0.4, -0.2) is 72.9 Å². The van der Waals surface area contributed by atoms with E-state index in [1.54, 1.807) is 31.0 Å².